The molecule has 0 spiro atoms. The average molecular weight is 1270 g/mol. The zero-order valence-electron chi connectivity index (χ0n) is 55.1. The highest BCUT2D eigenvalue weighted by Crippen LogP contribution is 2.61. The van der Waals surface area contributed by atoms with Gasteiger partial charge in [-0.15, -0.1) is 0 Å². The summed E-state index contributed by atoms with van der Waals surface area (Å²) in [5.74, 6) is 0. The second-order valence-corrected chi connectivity index (χ2v) is 28.3. The monoisotopic (exact) mass is 1270 g/mol. The Morgan fingerprint density at radius 2 is 0.550 bits per heavy atom. The molecule has 2 unspecified atom stereocenters. The summed E-state index contributed by atoms with van der Waals surface area (Å²) in [6, 6.07) is 130. The highest BCUT2D eigenvalue weighted by atomic mass is 15.0. The van der Waals surface area contributed by atoms with Crippen LogP contribution >= 0.6 is 0 Å². The molecular formula is C98H64N2. The Balaban J connectivity index is 0.644. The largest absolute Gasteiger partial charge is 0.309 e. The molecule has 0 N–H and O–H groups in total. The van der Waals surface area contributed by atoms with Gasteiger partial charge < -0.3 is 9.13 Å². The first-order valence-electron chi connectivity index (χ1n) is 35.5. The van der Waals surface area contributed by atoms with Crippen molar-refractivity contribution in [1.29, 1.82) is 0 Å². The van der Waals surface area contributed by atoms with Gasteiger partial charge in [0.25, 0.3) is 0 Å². The average Bonchev–Trinajstić information content (AvgIpc) is 1.48. The summed E-state index contributed by atoms with van der Waals surface area (Å²) in [4.78, 5) is 0. The fourth-order valence-electron chi connectivity index (χ4n) is 19.1. The molecule has 466 valence electrons. The van der Waals surface area contributed by atoms with Crippen LogP contribution in [0.25, 0.3) is 132 Å². The molecule has 0 saturated carbocycles. The fourth-order valence-corrected chi connectivity index (χ4v) is 19.1. The number of rotatable bonds is 9. The maximum atomic E-state index is 2.57. The smallest absolute Gasteiger partial charge is 0.0719 e. The molecule has 22 rings (SSSR count). The molecule has 4 aliphatic carbocycles. The second-order valence-electron chi connectivity index (χ2n) is 28.3. The summed E-state index contributed by atoms with van der Waals surface area (Å²) in [5, 5.41) is 10.4. The summed E-state index contributed by atoms with van der Waals surface area (Å²) in [6.07, 6.45) is 4.50. The van der Waals surface area contributed by atoms with Crippen LogP contribution in [0, 0.1) is 0 Å². The van der Waals surface area contributed by atoms with Crippen LogP contribution in [0.1, 0.15) is 66.8 Å². The van der Waals surface area contributed by atoms with Gasteiger partial charge in [-0.2, -0.15) is 0 Å². The molecule has 0 radical (unpaired) electrons. The molecule has 4 aliphatic rings. The molecule has 0 aliphatic heterocycles. The topological polar surface area (TPSA) is 9.86 Å². The predicted molar refractivity (Wildman–Crippen MR) is 416 cm³/mol. The van der Waals surface area contributed by atoms with Crippen LogP contribution in [0.15, 0.2) is 340 Å². The number of aromatic nitrogens is 2. The molecule has 0 amide bonds. The maximum Gasteiger partial charge on any atom is 0.0719 e. The molecule has 2 heterocycles. The highest BCUT2D eigenvalue weighted by Gasteiger charge is 2.49. The Morgan fingerprint density at radius 3 is 0.990 bits per heavy atom. The van der Waals surface area contributed by atoms with E-state index in [1.165, 1.54) is 188 Å². The van der Waals surface area contributed by atoms with Crippen LogP contribution in [0.3, 0.4) is 0 Å². The van der Waals surface area contributed by atoms with Crippen molar-refractivity contribution in [3.05, 3.63) is 406 Å². The molecule has 16 aromatic carbocycles. The fraction of sp³-hybridized carbons (Fsp3) is 0.0612. The van der Waals surface area contributed by atoms with Crippen molar-refractivity contribution in [2.24, 2.45) is 0 Å². The Hall–Kier alpha value is -12.4. The van der Waals surface area contributed by atoms with Crippen LogP contribution in [0.2, 0.25) is 0 Å². The van der Waals surface area contributed by atoms with E-state index in [9.17, 15) is 0 Å². The number of para-hydroxylation sites is 2. The highest BCUT2D eigenvalue weighted by molar-refractivity contribution is 6.13. The maximum absolute atomic E-state index is 2.57. The van der Waals surface area contributed by atoms with Crippen molar-refractivity contribution in [3.63, 3.8) is 0 Å². The number of fused-ring (bicyclic) bond motifs is 18. The van der Waals surface area contributed by atoms with Gasteiger partial charge in [-0.1, -0.05) is 267 Å². The number of benzene rings is 16. The van der Waals surface area contributed by atoms with Gasteiger partial charge >= 0.3 is 0 Å². The molecule has 0 fully saturated rings. The van der Waals surface area contributed by atoms with E-state index in [1.54, 1.807) is 0 Å². The Morgan fingerprint density at radius 1 is 0.200 bits per heavy atom. The van der Waals surface area contributed by atoms with Crippen molar-refractivity contribution in [3.8, 4) is 67.0 Å². The van der Waals surface area contributed by atoms with Gasteiger partial charge in [-0.25, -0.2) is 0 Å². The van der Waals surface area contributed by atoms with Crippen molar-refractivity contribution in [2.45, 2.75) is 36.5 Å². The predicted octanol–water partition coefficient (Wildman–Crippen LogP) is 24.1. The van der Waals surface area contributed by atoms with E-state index in [-0.39, 0.29) is 0 Å². The lowest BCUT2D eigenvalue weighted by molar-refractivity contribution is 0.763. The third-order valence-electron chi connectivity index (χ3n) is 23.7. The lowest BCUT2D eigenvalue weighted by atomic mass is 9.64. The van der Waals surface area contributed by atoms with Gasteiger partial charge in [0.05, 0.1) is 32.9 Å². The van der Waals surface area contributed by atoms with E-state index in [0.29, 0.717) is 0 Å². The summed E-state index contributed by atoms with van der Waals surface area (Å²) >= 11 is 0. The zero-order chi connectivity index (χ0) is 65.4. The first-order chi connectivity index (χ1) is 49.6. The summed E-state index contributed by atoms with van der Waals surface area (Å²) < 4.78 is 4.95. The first-order valence-corrected chi connectivity index (χ1v) is 35.5. The summed E-state index contributed by atoms with van der Waals surface area (Å²) in [5.41, 5.74) is 35.0. The quantitative estimate of drug-likeness (QED) is 0.136. The Labute approximate surface area is 580 Å². The molecule has 18 aromatic rings. The normalized spacial score (nSPS) is 16.1. The van der Waals surface area contributed by atoms with Crippen molar-refractivity contribution in [1.82, 2.24) is 9.13 Å². The molecule has 2 atom stereocenters. The van der Waals surface area contributed by atoms with Crippen molar-refractivity contribution in [2.75, 3.05) is 0 Å². The molecule has 2 heteroatoms. The van der Waals surface area contributed by atoms with E-state index in [1.807, 2.05) is 0 Å². The van der Waals surface area contributed by atoms with Crippen LogP contribution in [-0.2, 0) is 36.5 Å². The van der Waals surface area contributed by atoms with E-state index >= 15 is 0 Å². The van der Waals surface area contributed by atoms with E-state index in [0.717, 1.165) is 37.1 Å². The number of hydrogen-bond acceptors (Lipinski definition) is 0. The molecule has 2 nitrogen and oxygen atoms in total. The van der Waals surface area contributed by atoms with Crippen LogP contribution < -0.4 is 0 Å². The lowest BCUT2D eigenvalue weighted by Crippen LogP contribution is -2.30. The third kappa shape index (κ3) is 7.63. The third-order valence-corrected chi connectivity index (χ3v) is 23.7. The standard InChI is InChI=1S/C98H64N2/c1-3-23-69(24-4-1)97(91-59-67-43-47-73(67)75-29-7-9-31-77(75)91)87-37-15-11-33-79(87)81-49-41-65(57-89(81)97)61-21-19-27-71(53-61)99-93-39-17-13-35-83(93)85-55-63(45-51-95(85)99)64-46-52-96-86(56-64)84-36-14-18-40-94(84)100(96)72-28-20-22-62(54-72)66-42-50-82-80-34-12-16-38-88(80)98(90(82)58-66,70-25-5-2-6-26-70)92-60-68-44-48-74(68)76-30-8-10-32-78(76)92/h1-42,45-46,49-60H,43-44,47-48H2. The molecule has 100 heavy (non-hydrogen) atoms. The second kappa shape index (κ2) is 21.1. The molecule has 0 bridgehead atoms. The van der Waals surface area contributed by atoms with Crippen LogP contribution in [0.5, 0.6) is 0 Å². The molecule has 0 saturated heterocycles. The van der Waals surface area contributed by atoms with E-state index in [2.05, 4.69) is 349 Å². The van der Waals surface area contributed by atoms with Gasteiger partial charge in [0, 0.05) is 32.9 Å². The summed E-state index contributed by atoms with van der Waals surface area (Å²) in [6.45, 7) is 0. The van der Waals surface area contributed by atoms with Crippen molar-refractivity contribution >= 4 is 65.2 Å². The van der Waals surface area contributed by atoms with Crippen LogP contribution in [0.4, 0.5) is 0 Å². The SMILES string of the molecule is c1ccc(C2(c3cc4c(c5ccccc35)CC4)c3ccccc3-c3ccc(-c4cccc(-n5c6ccccc6c6cc(-c7ccc8c(c7)c7ccccc7n8-c7cccc(-c8ccc9c(c8)C(c8ccccc8)(c8cc%10c(c%11ccccc8%11)CC%10)c8ccccc8-9)c7)ccc65)c4)cc32)cc1. The van der Waals surface area contributed by atoms with Gasteiger partial charge in [0.1, 0.15) is 0 Å². The number of hydrogen-bond donors (Lipinski definition) is 0. The first kappa shape index (κ1) is 55.7. The van der Waals surface area contributed by atoms with Crippen molar-refractivity contribution < 1.29 is 0 Å². The van der Waals surface area contributed by atoms with Gasteiger partial charge in [-0.05, 0) is 242 Å². The van der Waals surface area contributed by atoms with Gasteiger partial charge in [0.15, 0.2) is 0 Å². The number of aryl methyl sites for hydroxylation is 4. The van der Waals surface area contributed by atoms with Gasteiger partial charge in [0.2, 0.25) is 0 Å². The minimum absolute atomic E-state index is 0.527. The molecule has 2 aromatic heterocycles. The Kier molecular flexibility index (Phi) is 11.7. The Bertz CT molecular complexity index is 6140. The zero-order valence-corrected chi connectivity index (χ0v) is 55.1. The lowest BCUT2D eigenvalue weighted by Gasteiger charge is -2.37. The minimum Gasteiger partial charge on any atom is -0.309 e. The van der Waals surface area contributed by atoms with E-state index < -0.39 is 10.8 Å². The van der Waals surface area contributed by atoms with Crippen LogP contribution in [-0.4, -0.2) is 9.13 Å². The minimum atomic E-state index is -0.527. The summed E-state index contributed by atoms with van der Waals surface area (Å²) in [7, 11) is 0. The van der Waals surface area contributed by atoms with E-state index in [4.69, 9.17) is 0 Å². The van der Waals surface area contributed by atoms with Gasteiger partial charge in [-0.3, -0.25) is 0 Å². The molecular weight excluding hydrogens is 1210 g/mol. The number of nitrogens with zero attached hydrogens (tertiary/aromatic N) is 2.